The fourth-order valence-corrected chi connectivity index (χ4v) is 3.63. The molecule has 1 atom stereocenters. The number of likely N-dealkylation sites (tertiary alicyclic amines) is 2. The minimum atomic E-state index is -0.173. The monoisotopic (exact) mass is 334 g/mol. The van der Waals surface area contributed by atoms with E-state index < -0.39 is 0 Å². The van der Waals surface area contributed by atoms with Gasteiger partial charge in [0.25, 0.3) is 0 Å². The van der Waals surface area contributed by atoms with Gasteiger partial charge in [-0.3, -0.25) is 9.69 Å². The van der Waals surface area contributed by atoms with Gasteiger partial charge < -0.3 is 10.0 Å². The van der Waals surface area contributed by atoms with Gasteiger partial charge in [-0.05, 0) is 37.0 Å². The third-order valence-corrected chi connectivity index (χ3v) is 5.14. The third kappa shape index (κ3) is 4.14. The highest BCUT2D eigenvalue weighted by molar-refractivity contribution is 6.32. The van der Waals surface area contributed by atoms with Crippen LogP contribution in [-0.4, -0.2) is 59.1 Å². The van der Waals surface area contributed by atoms with Crippen LogP contribution in [0.4, 0.5) is 0 Å². The van der Waals surface area contributed by atoms with Gasteiger partial charge >= 0.3 is 0 Å². The lowest BCUT2D eigenvalue weighted by Crippen LogP contribution is -2.45. The Hall–Kier alpha value is -1.36. The van der Waals surface area contributed by atoms with Crippen molar-refractivity contribution in [2.45, 2.75) is 31.4 Å². The minimum Gasteiger partial charge on any atom is -0.392 e. The molecule has 0 bridgehead atoms. The maximum atomic E-state index is 12.3. The molecule has 2 aliphatic rings. The summed E-state index contributed by atoms with van der Waals surface area (Å²) in [6.07, 6.45) is 6.07. The van der Waals surface area contributed by atoms with Crippen molar-refractivity contribution in [1.29, 1.82) is 0 Å². The summed E-state index contributed by atoms with van der Waals surface area (Å²) in [7, 11) is 0. The molecule has 4 nitrogen and oxygen atoms in total. The summed E-state index contributed by atoms with van der Waals surface area (Å²) in [4.78, 5) is 16.6. The predicted octanol–water partition coefficient (Wildman–Crippen LogP) is 2.41. The number of amides is 1. The molecule has 1 aromatic rings. The van der Waals surface area contributed by atoms with E-state index >= 15 is 0 Å². The number of carbonyl (C=O) groups is 1. The van der Waals surface area contributed by atoms with Gasteiger partial charge in [-0.2, -0.15) is 0 Å². The molecule has 2 saturated heterocycles. The number of aliphatic hydroxyl groups is 1. The molecule has 124 valence electrons. The maximum Gasteiger partial charge on any atom is 0.246 e. The summed E-state index contributed by atoms with van der Waals surface area (Å²) in [5, 5.41) is 10.3. The van der Waals surface area contributed by atoms with Crippen LogP contribution in [0.15, 0.2) is 30.3 Å². The lowest BCUT2D eigenvalue weighted by atomic mass is 10.0. The first-order chi connectivity index (χ1) is 11.1. The van der Waals surface area contributed by atoms with Crippen LogP contribution in [0.5, 0.6) is 0 Å². The summed E-state index contributed by atoms with van der Waals surface area (Å²) in [5.74, 6) is 0.0461. The highest BCUT2D eigenvalue weighted by Crippen LogP contribution is 2.22. The van der Waals surface area contributed by atoms with Crippen LogP contribution in [0, 0.1) is 0 Å². The Morgan fingerprint density at radius 2 is 1.91 bits per heavy atom. The van der Waals surface area contributed by atoms with Gasteiger partial charge in [-0.1, -0.05) is 29.8 Å². The zero-order valence-electron chi connectivity index (χ0n) is 13.2. The molecule has 2 aliphatic heterocycles. The van der Waals surface area contributed by atoms with Crippen LogP contribution in [0.3, 0.4) is 0 Å². The predicted molar refractivity (Wildman–Crippen MR) is 92.3 cm³/mol. The number of aliphatic hydroxyl groups excluding tert-OH is 1. The van der Waals surface area contributed by atoms with Crippen molar-refractivity contribution in [3.05, 3.63) is 40.9 Å². The number of nitrogens with zero attached hydrogens (tertiary/aromatic N) is 2. The molecule has 0 aromatic heterocycles. The molecule has 0 unspecified atom stereocenters. The average Bonchev–Trinajstić information content (AvgIpc) is 3.00. The summed E-state index contributed by atoms with van der Waals surface area (Å²) in [6.45, 7) is 3.32. The zero-order chi connectivity index (χ0) is 16.2. The highest BCUT2D eigenvalue weighted by atomic mass is 35.5. The number of carbonyl (C=O) groups excluding carboxylic acids is 1. The Morgan fingerprint density at radius 3 is 2.57 bits per heavy atom. The van der Waals surface area contributed by atoms with Crippen LogP contribution in [0.1, 0.15) is 24.8 Å². The molecule has 5 heteroatoms. The molecule has 1 aromatic carbocycles. The molecule has 1 N–H and O–H groups in total. The SMILES string of the molecule is O=C(/C=C/c1ccccc1Cl)N1CCC(N2CC[C@H](O)C2)CC1. The number of rotatable bonds is 3. The van der Waals surface area contributed by atoms with Gasteiger partial charge in [0.1, 0.15) is 0 Å². The number of piperidine rings is 1. The molecule has 0 spiro atoms. The maximum absolute atomic E-state index is 12.3. The van der Waals surface area contributed by atoms with Crippen LogP contribution in [0.2, 0.25) is 5.02 Å². The van der Waals surface area contributed by atoms with Gasteiger partial charge in [-0.25, -0.2) is 0 Å². The number of hydrogen-bond acceptors (Lipinski definition) is 3. The smallest absolute Gasteiger partial charge is 0.246 e. The fourth-order valence-electron chi connectivity index (χ4n) is 3.43. The summed E-state index contributed by atoms with van der Waals surface area (Å²) >= 11 is 6.09. The number of β-amino-alcohol motifs (C(OH)–C–C–N with tert-alkyl or cyclic N) is 1. The first kappa shape index (κ1) is 16.5. The number of halogens is 1. The van der Waals surface area contributed by atoms with Crippen molar-refractivity contribution in [3.63, 3.8) is 0 Å². The van der Waals surface area contributed by atoms with E-state index in [4.69, 9.17) is 11.6 Å². The van der Waals surface area contributed by atoms with E-state index in [0.29, 0.717) is 11.1 Å². The van der Waals surface area contributed by atoms with Gasteiger partial charge in [0.05, 0.1) is 6.10 Å². The molecule has 1 amide bonds. The zero-order valence-corrected chi connectivity index (χ0v) is 14.0. The Morgan fingerprint density at radius 1 is 1.17 bits per heavy atom. The van der Waals surface area contributed by atoms with E-state index in [1.165, 1.54) is 0 Å². The van der Waals surface area contributed by atoms with Crippen molar-refractivity contribution in [2.75, 3.05) is 26.2 Å². The van der Waals surface area contributed by atoms with Crippen LogP contribution >= 0.6 is 11.6 Å². The Bertz CT molecular complexity index is 582. The van der Waals surface area contributed by atoms with Gasteiger partial charge in [-0.15, -0.1) is 0 Å². The molecular weight excluding hydrogens is 312 g/mol. The van der Waals surface area contributed by atoms with Crippen LogP contribution < -0.4 is 0 Å². The third-order valence-electron chi connectivity index (χ3n) is 4.80. The lowest BCUT2D eigenvalue weighted by molar-refractivity contribution is -0.127. The van der Waals surface area contributed by atoms with E-state index in [0.717, 1.165) is 51.0 Å². The van der Waals surface area contributed by atoms with Crippen LogP contribution in [-0.2, 0) is 4.79 Å². The largest absolute Gasteiger partial charge is 0.392 e. The summed E-state index contributed by atoms with van der Waals surface area (Å²) < 4.78 is 0. The molecule has 23 heavy (non-hydrogen) atoms. The lowest BCUT2D eigenvalue weighted by Gasteiger charge is -2.36. The van der Waals surface area contributed by atoms with Gasteiger partial charge in [0, 0.05) is 43.3 Å². The van der Waals surface area contributed by atoms with Crippen molar-refractivity contribution in [2.24, 2.45) is 0 Å². The normalized spacial score (nSPS) is 23.7. The minimum absolute atomic E-state index is 0.0461. The Balaban J connectivity index is 1.51. The Labute approximate surface area is 142 Å². The van der Waals surface area contributed by atoms with Crippen molar-refractivity contribution < 1.29 is 9.90 Å². The van der Waals surface area contributed by atoms with E-state index in [-0.39, 0.29) is 12.0 Å². The first-order valence-electron chi connectivity index (χ1n) is 8.27. The fraction of sp³-hybridized carbons (Fsp3) is 0.500. The molecule has 0 radical (unpaired) electrons. The molecule has 2 heterocycles. The van der Waals surface area contributed by atoms with E-state index in [2.05, 4.69) is 4.90 Å². The van der Waals surface area contributed by atoms with Crippen molar-refractivity contribution >= 4 is 23.6 Å². The topological polar surface area (TPSA) is 43.8 Å². The second kappa shape index (κ2) is 7.47. The van der Waals surface area contributed by atoms with E-state index in [9.17, 15) is 9.90 Å². The van der Waals surface area contributed by atoms with Crippen molar-refractivity contribution in [3.8, 4) is 0 Å². The molecule has 2 fully saturated rings. The number of benzene rings is 1. The molecule has 3 rings (SSSR count). The van der Waals surface area contributed by atoms with Crippen molar-refractivity contribution in [1.82, 2.24) is 9.80 Å². The van der Waals surface area contributed by atoms with E-state index in [1.54, 1.807) is 12.2 Å². The highest BCUT2D eigenvalue weighted by Gasteiger charge is 2.30. The molecular formula is C18H23ClN2O2. The summed E-state index contributed by atoms with van der Waals surface area (Å²) in [6, 6.07) is 8.01. The molecule has 0 aliphatic carbocycles. The Kier molecular flexibility index (Phi) is 5.36. The van der Waals surface area contributed by atoms with E-state index in [1.807, 2.05) is 29.2 Å². The molecule has 0 saturated carbocycles. The van der Waals surface area contributed by atoms with Gasteiger partial charge in [0.2, 0.25) is 5.91 Å². The van der Waals surface area contributed by atoms with Gasteiger partial charge in [0.15, 0.2) is 0 Å². The quantitative estimate of drug-likeness (QED) is 0.863. The van der Waals surface area contributed by atoms with Crippen LogP contribution in [0.25, 0.3) is 6.08 Å². The second-order valence-corrected chi connectivity index (χ2v) is 6.76. The average molecular weight is 335 g/mol. The number of hydrogen-bond donors (Lipinski definition) is 1. The summed E-state index contributed by atoms with van der Waals surface area (Å²) in [5.41, 5.74) is 0.864. The second-order valence-electron chi connectivity index (χ2n) is 6.35. The standard InChI is InChI=1S/C18H23ClN2O2/c19-17-4-2-1-3-14(17)5-6-18(23)20-10-7-15(8-11-20)21-12-9-16(22)13-21/h1-6,15-16,22H,7-13H2/b6-5+/t16-/m0/s1. The first-order valence-corrected chi connectivity index (χ1v) is 8.65.